The molecule has 0 atom stereocenters. The summed E-state index contributed by atoms with van der Waals surface area (Å²) in [5.41, 5.74) is -0.0415. The monoisotopic (exact) mass is 187 g/mol. The summed E-state index contributed by atoms with van der Waals surface area (Å²) in [6.45, 7) is 0. The third kappa shape index (κ3) is 1.94. The Kier molecular flexibility index (Phi) is 3.04. The van der Waals surface area contributed by atoms with Crippen molar-refractivity contribution >= 4 is 17.4 Å². The van der Waals surface area contributed by atoms with Crippen molar-refractivity contribution < 1.29 is 9.31 Å². The zero-order chi connectivity index (χ0) is 8.97. The molecule has 0 N–H and O–H groups in total. The molecule has 0 aromatic heterocycles. The van der Waals surface area contributed by atoms with E-state index < -0.39 is 10.9 Å². The van der Waals surface area contributed by atoms with Gasteiger partial charge in [-0.15, -0.1) is 0 Å². The van der Waals surface area contributed by atoms with Gasteiger partial charge in [0.2, 0.25) is 0 Å². The van der Waals surface area contributed by atoms with Crippen molar-refractivity contribution in [2.45, 2.75) is 4.90 Å². The van der Waals surface area contributed by atoms with Crippen LogP contribution in [0, 0.1) is 10.1 Å². The average Bonchev–Trinajstić information content (AvgIpc) is 2.05. The van der Waals surface area contributed by atoms with Crippen LogP contribution in [-0.4, -0.2) is 10.9 Å². The summed E-state index contributed by atoms with van der Waals surface area (Å²) in [6.07, 6.45) is 0. The van der Waals surface area contributed by atoms with Crippen LogP contribution < -0.4 is 0 Å². The fourth-order valence-corrected chi connectivity index (χ4v) is 1.37. The Hall–Kier alpha value is -1.10. The lowest BCUT2D eigenvalue weighted by atomic mass is 10.3. The first-order valence-corrected chi connectivity index (χ1v) is 4.16. The van der Waals surface area contributed by atoms with E-state index in [2.05, 4.69) is 0 Å². The van der Waals surface area contributed by atoms with Gasteiger partial charge in [0.1, 0.15) is 6.01 Å². The molecule has 0 heterocycles. The molecule has 1 aromatic rings. The fourth-order valence-electron chi connectivity index (χ4n) is 0.789. The van der Waals surface area contributed by atoms with Crippen molar-refractivity contribution in [2.24, 2.45) is 0 Å². The molecule has 0 aliphatic rings. The highest BCUT2D eigenvalue weighted by Gasteiger charge is 2.11. The summed E-state index contributed by atoms with van der Waals surface area (Å²) < 4.78 is 11.9. The number of alkyl halides is 1. The Bertz CT molecular complexity index is 292. The highest BCUT2D eigenvalue weighted by Crippen LogP contribution is 2.28. The predicted octanol–water partition coefficient (Wildman–Crippen LogP) is 2.61. The second kappa shape index (κ2) is 4.06. The Balaban J connectivity index is 3.00. The van der Waals surface area contributed by atoms with Crippen molar-refractivity contribution in [3.05, 3.63) is 34.4 Å². The standard InChI is InChI=1S/C7H6FNO2S/c8-5-12-7-4-2-1-3-6(7)9(10)11/h1-4H,5H2. The molecule has 0 spiro atoms. The summed E-state index contributed by atoms with van der Waals surface area (Å²) in [6, 6.07) is 5.44. The van der Waals surface area contributed by atoms with Crippen LogP contribution in [0.3, 0.4) is 0 Å². The number of rotatable bonds is 3. The summed E-state index contributed by atoms with van der Waals surface area (Å²) >= 11 is 0.822. The summed E-state index contributed by atoms with van der Waals surface area (Å²) in [5, 5.41) is 10.4. The lowest BCUT2D eigenvalue weighted by Gasteiger charge is -1.97. The number of hydrogen-bond donors (Lipinski definition) is 0. The van der Waals surface area contributed by atoms with Gasteiger partial charge in [-0.2, -0.15) is 0 Å². The summed E-state index contributed by atoms with van der Waals surface area (Å²) in [5.74, 6) is 0. The maximum Gasteiger partial charge on any atom is 0.282 e. The van der Waals surface area contributed by atoms with Gasteiger partial charge in [-0.3, -0.25) is 10.1 Å². The van der Waals surface area contributed by atoms with Gasteiger partial charge in [-0.25, -0.2) is 4.39 Å². The van der Waals surface area contributed by atoms with Crippen LogP contribution >= 0.6 is 11.8 Å². The molecule has 0 aliphatic heterocycles. The second-order valence-electron chi connectivity index (χ2n) is 1.98. The first-order chi connectivity index (χ1) is 5.75. The zero-order valence-electron chi connectivity index (χ0n) is 6.07. The normalized spacial score (nSPS) is 9.75. The van der Waals surface area contributed by atoms with Crippen LogP contribution in [0.2, 0.25) is 0 Å². The highest BCUT2D eigenvalue weighted by molar-refractivity contribution is 7.99. The fraction of sp³-hybridized carbons (Fsp3) is 0.143. The third-order valence-corrected chi connectivity index (χ3v) is 2.04. The van der Waals surface area contributed by atoms with Crippen molar-refractivity contribution in [1.29, 1.82) is 0 Å². The minimum absolute atomic E-state index is 0.0415. The van der Waals surface area contributed by atoms with Gasteiger partial charge >= 0.3 is 0 Å². The van der Waals surface area contributed by atoms with Gasteiger partial charge in [0.15, 0.2) is 0 Å². The van der Waals surface area contributed by atoms with Gasteiger partial charge in [-0.1, -0.05) is 23.9 Å². The van der Waals surface area contributed by atoms with E-state index in [1.165, 1.54) is 12.1 Å². The number of halogens is 1. The van der Waals surface area contributed by atoms with Crippen LogP contribution in [0.25, 0.3) is 0 Å². The van der Waals surface area contributed by atoms with E-state index in [-0.39, 0.29) is 5.69 Å². The largest absolute Gasteiger partial charge is 0.282 e. The van der Waals surface area contributed by atoms with Crippen molar-refractivity contribution in [3.8, 4) is 0 Å². The van der Waals surface area contributed by atoms with E-state index in [1.807, 2.05) is 0 Å². The van der Waals surface area contributed by atoms with Gasteiger partial charge in [-0.05, 0) is 6.07 Å². The number of nitrogens with zero attached hydrogens (tertiary/aromatic N) is 1. The first-order valence-electron chi connectivity index (χ1n) is 3.18. The molecule has 64 valence electrons. The Morgan fingerprint density at radius 2 is 2.17 bits per heavy atom. The molecule has 0 amide bonds. The van der Waals surface area contributed by atoms with Crippen LogP contribution in [0.4, 0.5) is 10.1 Å². The molecule has 0 saturated carbocycles. The van der Waals surface area contributed by atoms with Crippen LogP contribution in [0.15, 0.2) is 29.2 Å². The van der Waals surface area contributed by atoms with Crippen molar-refractivity contribution in [2.75, 3.05) is 6.01 Å². The third-order valence-electron chi connectivity index (χ3n) is 1.27. The Morgan fingerprint density at radius 1 is 1.50 bits per heavy atom. The van der Waals surface area contributed by atoms with Crippen molar-refractivity contribution in [1.82, 2.24) is 0 Å². The molecule has 1 aromatic carbocycles. The Morgan fingerprint density at radius 3 is 2.75 bits per heavy atom. The van der Waals surface area contributed by atoms with E-state index >= 15 is 0 Å². The average molecular weight is 187 g/mol. The van der Waals surface area contributed by atoms with Gasteiger partial charge in [0.05, 0.1) is 9.82 Å². The number of hydrogen-bond acceptors (Lipinski definition) is 3. The quantitative estimate of drug-likeness (QED) is 0.415. The number of nitro benzene ring substituents is 1. The topological polar surface area (TPSA) is 43.1 Å². The van der Waals surface area contributed by atoms with Crippen LogP contribution in [0.5, 0.6) is 0 Å². The van der Waals surface area contributed by atoms with Gasteiger partial charge in [0, 0.05) is 6.07 Å². The van der Waals surface area contributed by atoms with Gasteiger partial charge < -0.3 is 0 Å². The summed E-state index contributed by atoms with van der Waals surface area (Å²) in [7, 11) is 0. The Labute approximate surface area is 72.7 Å². The lowest BCUT2D eigenvalue weighted by molar-refractivity contribution is -0.387. The SMILES string of the molecule is O=[N+]([O-])c1ccccc1SCF. The number of benzene rings is 1. The lowest BCUT2D eigenvalue weighted by Crippen LogP contribution is -1.89. The minimum Gasteiger partial charge on any atom is -0.258 e. The molecule has 0 aliphatic carbocycles. The molecule has 12 heavy (non-hydrogen) atoms. The summed E-state index contributed by atoms with van der Waals surface area (Å²) in [4.78, 5) is 10.2. The number of nitro groups is 1. The maximum atomic E-state index is 11.9. The molecule has 0 radical (unpaired) electrons. The van der Waals surface area contributed by atoms with Crippen LogP contribution in [-0.2, 0) is 0 Å². The molecule has 1 rings (SSSR count). The number of thioether (sulfide) groups is 1. The minimum atomic E-state index is -0.648. The highest BCUT2D eigenvalue weighted by atomic mass is 32.2. The molecular formula is C7H6FNO2S. The molecule has 5 heteroatoms. The molecular weight excluding hydrogens is 181 g/mol. The molecule has 0 bridgehead atoms. The second-order valence-corrected chi connectivity index (χ2v) is 2.93. The van der Waals surface area contributed by atoms with Crippen molar-refractivity contribution in [3.63, 3.8) is 0 Å². The van der Waals surface area contributed by atoms with Gasteiger partial charge in [0.25, 0.3) is 5.69 Å². The van der Waals surface area contributed by atoms with E-state index in [0.29, 0.717) is 4.90 Å². The van der Waals surface area contributed by atoms with E-state index in [4.69, 9.17) is 0 Å². The smallest absolute Gasteiger partial charge is 0.258 e. The molecule has 3 nitrogen and oxygen atoms in total. The number of para-hydroxylation sites is 1. The molecule has 0 unspecified atom stereocenters. The van der Waals surface area contributed by atoms with Crippen LogP contribution in [0.1, 0.15) is 0 Å². The van der Waals surface area contributed by atoms with E-state index in [1.54, 1.807) is 12.1 Å². The maximum absolute atomic E-state index is 11.9. The van der Waals surface area contributed by atoms with E-state index in [0.717, 1.165) is 11.8 Å². The first kappa shape index (κ1) is 8.99. The predicted molar refractivity (Wildman–Crippen MR) is 44.9 cm³/mol. The van der Waals surface area contributed by atoms with E-state index in [9.17, 15) is 14.5 Å². The molecule has 0 fully saturated rings. The zero-order valence-corrected chi connectivity index (χ0v) is 6.88. The molecule has 0 saturated heterocycles.